The summed E-state index contributed by atoms with van der Waals surface area (Å²) >= 11 is 0. The molecule has 2 amide bonds. The number of nitrogens with two attached hydrogens (primary N) is 2. The van der Waals surface area contributed by atoms with E-state index in [1.165, 1.54) is 6.08 Å². The van der Waals surface area contributed by atoms with Gasteiger partial charge in [0.05, 0.1) is 5.56 Å². The lowest BCUT2D eigenvalue weighted by atomic mass is 10.1. The molecule has 4 N–H and O–H groups in total. The Bertz CT molecular complexity index is 517. The molecule has 8 heteroatoms. The molecule has 0 aliphatic heterocycles. The van der Waals surface area contributed by atoms with Crippen LogP contribution in [0.5, 0.6) is 0 Å². The molecular formula is C9H10N4O4. The largest absolute Gasteiger partial charge is 0.365 e. The first-order valence-corrected chi connectivity index (χ1v) is 4.48. The number of primary amides is 2. The number of hydrogen-bond acceptors (Lipinski definition) is 4. The van der Waals surface area contributed by atoms with Crippen LogP contribution in [0.4, 0.5) is 5.82 Å². The van der Waals surface area contributed by atoms with Crippen molar-refractivity contribution < 1.29 is 14.5 Å². The molecule has 90 valence electrons. The summed E-state index contributed by atoms with van der Waals surface area (Å²) in [4.78, 5) is 32.3. The highest BCUT2D eigenvalue weighted by atomic mass is 16.6. The Kier molecular flexibility index (Phi) is 3.27. The number of nitrogens with zero attached hydrogens (tertiary/aromatic N) is 2. The Morgan fingerprint density at radius 1 is 1.47 bits per heavy atom. The molecule has 8 nitrogen and oxygen atoms in total. The molecule has 0 bridgehead atoms. The van der Waals surface area contributed by atoms with Crippen molar-refractivity contribution in [1.29, 1.82) is 0 Å². The van der Waals surface area contributed by atoms with Crippen LogP contribution in [0.2, 0.25) is 0 Å². The summed E-state index contributed by atoms with van der Waals surface area (Å²) in [6.07, 6.45) is 2.49. The van der Waals surface area contributed by atoms with Gasteiger partial charge in [0.2, 0.25) is 0 Å². The lowest BCUT2D eigenvalue weighted by Crippen LogP contribution is -2.19. The van der Waals surface area contributed by atoms with Crippen LogP contribution in [0, 0.1) is 10.1 Å². The second-order valence-corrected chi connectivity index (χ2v) is 3.17. The van der Waals surface area contributed by atoms with E-state index in [-0.39, 0.29) is 12.1 Å². The fourth-order valence-electron chi connectivity index (χ4n) is 1.45. The Morgan fingerprint density at radius 2 is 2.06 bits per heavy atom. The van der Waals surface area contributed by atoms with Gasteiger partial charge in [0.15, 0.2) is 0 Å². The van der Waals surface area contributed by atoms with Gasteiger partial charge < -0.3 is 21.6 Å². The van der Waals surface area contributed by atoms with Crippen LogP contribution in [0.15, 0.2) is 18.9 Å². The molecule has 17 heavy (non-hydrogen) atoms. The van der Waals surface area contributed by atoms with Gasteiger partial charge in [-0.25, -0.2) is 4.57 Å². The van der Waals surface area contributed by atoms with E-state index in [9.17, 15) is 19.7 Å². The van der Waals surface area contributed by atoms with E-state index in [0.717, 1.165) is 10.8 Å². The highest BCUT2D eigenvalue weighted by molar-refractivity contribution is 6.08. The summed E-state index contributed by atoms with van der Waals surface area (Å²) < 4.78 is 1.08. The van der Waals surface area contributed by atoms with Crippen molar-refractivity contribution in [2.75, 3.05) is 0 Å². The maximum Gasteiger partial charge on any atom is 0.337 e. The third-order valence-electron chi connectivity index (χ3n) is 2.06. The molecule has 1 heterocycles. The fourth-order valence-corrected chi connectivity index (χ4v) is 1.45. The predicted octanol–water partition coefficient (Wildman–Crippen LogP) is -0.220. The van der Waals surface area contributed by atoms with Crippen LogP contribution < -0.4 is 11.5 Å². The first-order chi connectivity index (χ1) is 7.90. The SMILES string of the molecule is C=CCn1cc(C(N)=O)c(C(N)=O)c1[N+](=O)[O-]. The number of hydrogen-bond donors (Lipinski definition) is 2. The molecule has 0 unspecified atom stereocenters. The molecule has 0 saturated heterocycles. The van der Waals surface area contributed by atoms with Gasteiger partial charge in [0, 0.05) is 0 Å². The van der Waals surface area contributed by atoms with Gasteiger partial charge in [-0.05, 0) is 4.92 Å². The quantitative estimate of drug-likeness (QED) is 0.416. The highest BCUT2D eigenvalue weighted by Crippen LogP contribution is 2.24. The van der Waals surface area contributed by atoms with Gasteiger partial charge in [-0.3, -0.25) is 9.59 Å². The minimum absolute atomic E-state index is 0.0594. The van der Waals surface area contributed by atoms with E-state index in [0.29, 0.717) is 0 Å². The van der Waals surface area contributed by atoms with E-state index in [1.807, 2.05) is 0 Å². The van der Waals surface area contributed by atoms with E-state index >= 15 is 0 Å². The summed E-state index contributed by atoms with van der Waals surface area (Å²) in [5, 5.41) is 10.8. The van der Waals surface area contributed by atoms with Crippen molar-refractivity contribution in [2.24, 2.45) is 11.5 Å². The molecule has 0 aliphatic carbocycles. The molecule has 1 aromatic rings. The first-order valence-electron chi connectivity index (χ1n) is 4.48. The second-order valence-electron chi connectivity index (χ2n) is 3.17. The van der Waals surface area contributed by atoms with Crippen molar-refractivity contribution >= 4 is 17.6 Å². The topological polar surface area (TPSA) is 134 Å². The standard InChI is InChI=1S/C9H10N4O4/c1-2-3-12-4-5(7(10)14)6(8(11)15)9(12)13(16)17/h2,4H,1,3H2,(H2,10,14)(H2,11,15). The molecule has 0 aliphatic rings. The third-order valence-corrected chi connectivity index (χ3v) is 2.06. The number of allylic oxidation sites excluding steroid dienone is 1. The van der Waals surface area contributed by atoms with E-state index in [4.69, 9.17) is 11.5 Å². The van der Waals surface area contributed by atoms with Gasteiger partial charge in [-0.2, -0.15) is 0 Å². The lowest BCUT2D eigenvalue weighted by Gasteiger charge is -1.99. The van der Waals surface area contributed by atoms with Crippen LogP contribution in [0.1, 0.15) is 20.7 Å². The van der Waals surface area contributed by atoms with Gasteiger partial charge in [0.1, 0.15) is 18.3 Å². The van der Waals surface area contributed by atoms with Crippen LogP contribution in [-0.2, 0) is 6.54 Å². The normalized spacial score (nSPS) is 9.88. The van der Waals surface area contributed by atoms with Crippen LogP contribution in [0.3, 0.4) is 0 Å². The van der Waals surface area contributed by atoms with Gasteiger partial charge in [-0.1, -0.05) is 12.7 Å². The Labute approximate surface area is 95.6 Å². The van der Waals surface area contributed by atoms with Crippen molar-refractivity contribution in [3.8, 4) is 0 Å². The van der Waals surface area contributed by atoms with Crippen molar-refractivity contribution in [2.45, 2.75) is 6.54 Å². The van der Waals surface area contributed by atoms with Gasteiger partial charge in [0.25, 0.3) is 11.8 Å². The lowest BCUT2D eigenvalue weighted by molar-refractivity contribution is -0.392. The summed E-state index contributed by atoms with van der Waals surface area (Å²) in [5.74, 6) is -2.59. The Morgan fingerprint density at radius 3 is 2.41 bits per heavy atom. The molecule has 0 saturated carbocycles. The van der Waals surface area contributed by atoms with Crippen molar-refractivity contribution in [1.82, 2.24) is 4.57 Å². The number of carbonyl (C=O) groups is 2. The number of rotatable bonds is 5. The number of nitro groups is 1. The molecule has 0 aromatic carbocycles. The highest BCUT2D eigenvalue weighted by Gasteiger charge is 2.30. The number of aromatic nitrogens is 1. The maximum atomic E-state index is 11.1. The monoisotopic (exact) mass is 238 g/mol. The minimum atomic E-state index is -1.08. The zero-order chi connectivity index (χ0) is 13.2. The average Bonchev–Trinajstić information content (AvgIpc) is 2.57. The zero-order valence-corrected chi connectivity index (χ0v) is 8.75. The minimum Gasteiger partial charge on any atom is -0.365 e. The van der Waals surface area contributed by atoms with Crippen LogP contribution in [-0.4, -0.2) is 21.3 Å². The maximum absolute atomic E-state index is 11.1. The fraction of sp³-hybridized carbons (Fsp3) is 0.111. The van der Waals surface area contributed by atoms with Crippen molar-refractivity contribution in [3.63, 3.8) is 0 Å². The smallest absolute Gasteiger partial charge is 0.337 e. The molecule has 1 aromatic heterocycles. The summed E-state index contributed by atoms with van der Waals surface area (Å²) in [6.45, 7) is 3.47. The molecule has 0 fully saturated rings. The predicted molar refractivity (Wildman–Crippen MR) is 58.3 cm³/mol. The third kappa shape index (κ3) is 2.14. The van der Waals surface area contributed by atoms with Gasteiger partial charge in [-0.15, -0.1) is 0 Å². The molecule has 0 radical (unpaired) electrons. The molecule has 0 spiro atoms. The van der Waals surface area contributed by atoms with Crippen molar-refractivity contribution in [3.05, 3.63) is 40.1 Å². The average molecular weight is 238 g/mol. The Hall–Kier alpha value is -2.64. The zero-order valence-electron chi connectivity index (χ0n) is 8.75. The number of amides is 2. The van der Waals surface area contributed by atoms with E-state index < -0.39 is 28.1 Å². The summed E-state index contributed by atoms with van der Waals surface area (Å²) in [6, 6.07) is 0. The van der Waals surface area contributed by atoms with Crippen LogP contribution >= 0.6 is 0 Å². The Balaban J connectivity index is 3.60. The molecule has 0 atom stereocenters. The second kappa shape index (κ2) is 4.47. The molecular weight excluding hydrogens is 228 g/mol. The summed E-state index contributed by atoms with van der Waals surface area (Å²) in [5.41, 5.74) is 9.28. The van der Waals surface area contributed by atoms with Gasteiger partial charge >= 0.3 is 5.82 Å². The summed E-state index contributed by atoms with van der Waals surface area (Å²) in [7, 11) is 0. The van der Waals surface area contributed by atoms with Crippen LogP contribution in [0.25, 0.3) is 0 Å². The van der Waals surface area contributed by atoms with E-state index in [2.05, 4.69) is 6.58 Å². The number of carbonyl (C=O) groups excluding carboxylic acids is 2. The first kappa shape index (κ1) is 12.4. The molecule has 1 rings (SSSR count). The van der Waals surface area contributed by atoms with E-state index in [1.54, 1.807) is 0 Å².